The van der Waals surface area contributed by atoms with Gasteiger partial charge in [-0.2, -0.15) is 0 Å². The van der Waals surface area contributed by atoms with Crippen molar-refractivity contribution < 1.29 is 19.1 Å². The van der Waals surface area contributed by atoms with Crippen molar-refractivity contribution >= 4 is 11.9 Å². The molecule has 1 aromatic carbocycles. The molecule has 0 aliphatic carbocycles. The van der Waals surface area contributed by atoms with E-state index in [1.165, 1.54) is 0 Å². The zero-order valence-electron chi connectivity index (χ0n) is 14.1. The van der Waals surface area contributed by atoms with E-state index in [9.17, 15) is 9.59 Å². The fourth-order valence-electron chi connectivity index (χ4n) is 2.46. The van der Waals surface area contributed by atoms with Crippen LogP contribution >= 0.6 is 0 Å². The lowest BCUT2D eigenvalue weighted by Gasteiger charge is -2.31. The van der Waals surface area contributed by atoms with Crippen molar-refractivity contribution in [1.29, 1.82) is 0 Å². The summed E-state index contributed by atoms with van der Waals surface area (Å²) in [5, 5.41) is 0. The first kappa shape index (κ1) is 18.2. The van der Waals surface area contributed by atoms with E-state index in [1.807, 2.05) is 12.1 Å². The van der Waals surface area contributed by atoms with Gasteiger partial charge in [0.2, 0.25) is 0 Å². The lowest BCUT2D eigenvalue weighted by atomic mass is 9.73. The van der Waals surface area contributed by atoms with Crippen LogP contribution in [0.25, 0.3) is 0 Å². The molecule has 0 saturated carbocycles. The highest BCUT2D eigenvalue weighted by Crippen LogP contribution is 2.39. The first-order valence-electron chi connectivity index (χ1n) is 7.72. The third-order valence-electron chi connectivity index (χ3n) is 3.55. The molecule has 0 aliphatic heterocycles. The topological polar surface area (TPSA) is 52.6 Å². The minimum absolute atomic E-state index is 0.118. The molecular formula is C18H26O4. The number of rotatable bonds is 6. The normalized spacial score (nSPS) is 12.6. The van der Waals surface area contributed by atoms with Gasteiger partial charge in [-0.3, -0.25) is 4.79 Å². The first-order chi connectivity index (χ1) is 10.3. The number of carbonyl (C=O) groups excluding carboxylic acids is 2. The van der Waals surface area contributed by atoms with E-state index in [0.29, 0.717) is 18.8 Å². The summed E-state index contributed by atoms with van der Waals surface area (Å²) in [6.45, 7) is 10.4. The number of benzene rings is 1. The lowest BCUT2D eigenvalue weighted by Crippen LogP contribution is -2.25. The Labute approximate surface area is 132 Å². The molecule has 1 rings (SSSR count). The standard InChI is InChI=1S/C18H26O4/c1-6-21-16(19)12-15(18(3,4)5)13-10-8-9-11-14(13)17(20)22-7-2/h8-11,15H,6-7,12H2,1-5H3. The van der Waals surface area contributed by atoms with Crippen molar-refractivity contribution in [3.63, 3.8) is 0 Å². The molecule has 0 radical (unpaired) electrons. The van der Waals surface area contributed by atoms with Crippen molar-refractivity contribution in [3.8, 4) is 0 Å². The van der Waals surface area contributed by atoms with E-state index in [-0.39, 0.29) is 29.7 Å². The number of carbonyl (C=O) groups is 2. The summed E-state index contributed by atoms with van der Waals surface area (Å²) in [6.07, 6.45) is 0.244. The molecule has 1 aromatic rings. The van der Waals surface area contributed by atoms with Gasteiger partial charge in [-0.25, -0.2) is 4.79 Å². The highest BCUT2D eigenvalue weighted by molar-refractivity contribution is 5.91. The minimum Gasteiger partial charge on any atom is -0.466 e. The Hall–Kier alpha value is -1.84. The Morgan fingerprint density at radius 1 is 1.05 bits per heavy atom. The largest absolute Gasteiger partial charge is 0.466 e. The zero-order valence-corrected chi connectivity index (χ0v) is 14.1. The molecule has 22 heavy (non-hydrogen) atoms. The molecule has 1 unspecified atom stereocenters. The molecule has 0 bridgehead atoms. The fraction of sp³-hybridized carbons (Fsp3) is 0.556. The SMILES string of the molecule is CCOC(=O)CC(c1ccccc1C(=O)OCC)C(C)(C)C. The monoisotopic (exact) mass is 306 g/mol. The summed E-state index contributed by atoms with van der Waals surface area (Å²) in [7, 11) is 0. The smallest absolute Gasteiger partial charge is 0.338 e. The second-order valence-electron chi connectivity index (χ2n) is 6.24. The molecule has 122 valence electrons. The van der Waals surface area contributed by atoms with E-state index in [2.05, 4.69) is 20.8 Å². The molecule has 1 atom stereocenters. The van der Waals surface area contributed by atoms with Crippen LogP contribution in [0.3, 0.4) is 0 Å². The molecular weight excluding hydrogens is 280 g/mol. The van der Waals surface area contributed by atoms with Crippen LogP contribution in [0, 0.1) is 5.41 Å². The molecule has 0 heterocycles. The summed E-state index contributed by atoms with van der Waals surface area (Å²) in [5.74, 6) is -0.718. The number of esters is 2. The third-order valence-corrected chi connectivity index (χ3v) is 3.55. The first-order valence-corrected chi connectivity index (χ1v) is 7.72. The highest BCUT2D eigenvalue weighted by atomic mass is 16.5. The van der Waals surface area contributed by atoms with Gasteiger partial charge >= 0.3 is 11.9 Å². The van der Waals surface area contributed by atoms with Gasteiger partial charge in [0.25, 0.3) is 0 Å². The Bertz CT molecular complexity index is 514. The zero-order chi connectivity index (χ0) is 16.8. The van der Waals surface area contributed by atoms with Gasteiger partial charge in [0.1, 0.15) is 0 Å². The Balaban J connectivity index is 3.20. The second-order valence-corrected chi connectivity index (χ2v) is 6.24. The van der Waals surface area contributed by atoms with Crippen LogP contribution in [0.1, 0.15) is 62.9 Å². The molecule has 4 heteroatoms. The molecule has 0 saturated heterocycles. The van der Waals surface area contributed by atoms with Crippen molar-refractivity contribution in [1.82, 2.24) is 0 Å². The fourth-order valence-corrected chi connectivity index (χ4v) is 2.46. The van der Waals surface area contributed by atoms with Crippen LogP contribution in [0.2, 0.25) is 0 Å². The number of hydrogen-bond donors (Lipinski definition) is 0. The summed E-state index contributed by atoms with van der Waals surface area (Å²) in [5.41, 5.74) is 1.17. The minimum atomic E-state index is -0.351. The molecule has 0 fully saturated rings. The second kappa shape index (κ2) is 7.97. The summed E-state index contributed by atoms with van der Waals surface area (Å²) in [6, 6.07) is 7.32. The quantitative estimate of drug-likeness (QED) is 0.747. The molecule has 4 nitrogen and oxygen atoms in total. The lowest BCUT2D eigenvalue weighted by molar-refractivity contribution is -0.144. The summed E-state index contributed by atoms with van der Waals surface area (Å²) >= 11 is 0. The van der Waals surface area contributed by atoms with E-state index in [4.69, 9.17) is 9.47 Å². The van der Waals surface area contributed by atoms with Crippen LogP contribution in [0.4, 0.5) is 0 Å². The van der Waals surface area contributed by atoms with E-state index < -0.39 is 0 Å². The summed E-state index contributed by atoms with van der Waals surface area (Å²) < 4.78 is 10.2. The molecule has 0 aromatic heterocycles. The van der Waals surface area contributed by atoms with Gasteiger partial charge in [-0.15, -0.1) is 0 Å². The van der Waals surface area contributed by atoms with Crippen molar-refractivity contribution in [2.45, 2.75) is 47.0 Å². The third kappa shape index (κ3) is 4.86. The number of ether oxygens (including phenoxy) is 2. The van der Waals surface area contributed by atoms with Crippen molar-refractivity contribution in [3.05, 3.63) is 35.4 Å². The van der Waals surface area contributed by atoms with Gasteiger partial charge in [0, 0.05) is 5.92 Å². The van der Waals surface area contributed by atoms with Gasteiger partial charge in [-0.1, -0.05) is 39.0 Å². The maximum Gasteiger partial charge on any atom is 0.338 e. The average Bonchev–Trinajstić information content (AvgIpc) is 2.44. The van der Waals surface area contributed by atoms with Crippen LogP contribution in [-0.2, 0) is 14.3 Å². The van der Waals surface area contributed by atoms with Crippen LogP contribution in [-0.4, -0.2) is 25.2 Å². The highest BCUT2D eigenvalue weighted by Gasteiger charge is 2.32. The van der Waals surface area contributed by atoms with Crippen molar-refractivity contribution in [2.75, 3.05) is 13.2 Å². The predicted molar refractivity (Wildman–Crippen MR) is 85.8 cm³/mol. The van der Waals surface area contributed by atoms with E-state index in [0.717, 1.165) is 5.56 Å². The van der Waals surface area contributed by atoms with Crippen molar-refractivity contribution in [2.24, 2.45) is 5.41 Å². The molecule has 0 aliphatic rings. The van der Waals surface area contributed by atoms with Gasteiger partial charge in [-0.05, 0) is 30.9 Å². The van der Waals surface area contributed by atoms with Gasteiger partial charge < -0.3 is 9.47 Å². The maximum absolute atomic E-state index is 12.2. The summed E-state index contributed by atoms with van der Waals surface area (Å²) in [4.78, 5) is 24.1. The molecule has 0 spiro atoms. The Morgan fingerprint density at radius 3 is 2.18 bits per heavy atom. The Morgan fingerprint density at radius 2 is 1.64 bits per heavy atom. The van der Waals surface area contributed by atoms with Crippen LogP contribution in [0.15, 0.2) is 24.3 Å². The predicted octanol–water partition coefficient (Wildman–Crippen LogP) is 3.95. The van der Waals surface area contributed by atoms with Gasteiger partial charge in [0.15, 0.2) is 0 Å². The van der Waals surface area contributed by atoms with E-state index in [1.54, 1.807) is 26.0 Å². The van der Waals surface area contributed by atoms with Gasteiger partial charge in [0.05, 0.1) is 25.2 Å². The average molecular weight is 306 g/mol. The molecule has 0 amide bonds. The van der Waals surface area contributed by atoms with E-state index >= 15 is 0 Å². The van der Waals surface area contributed by atoms with Crippen LogP contribution < -0.4 is 0 Å². The Kier molecular flexibility index (Phi) is 6.60. The maximum atomic E-state index is 12.2. The van der Waals surface area contributed by atoms with Crippen LogP contribution in [0.5, 0.6) is 0 Å². The number of hydrogen-bond acceptors (Lipinski definition) is 4. The molecule has 0 N–H and O–H groups in total.